The summed E-state index contributed by atoms with van der Waals surface area (Å²) in [6, 6.07) is 12.2. The van der Waals surface area contributed by atoms with Gasteiger partial charge in [-0.1, -0.05) is 35.1 Å². The summed E-state index contributed by atoms with van der Waals surface area (Å²) < 4.78 is 14.0. The predicted octanol–water partition coefficient (Wildman–Crippen LogP) is 5.26. The molecule has 0 aliphatic heterocycles. The second kappa shape index (κ2) is 5.38. The summed E-state index contributed by atoms with van der Waals surface area (Å²) in [5, 5.41) is 4.87. The molecule has 3 aromatic rings. The summed E-state index contributed by atoms with van der Waals surface area (Å²) in [6.45, 7) is 2.02. The Labute approximate surface area is 125 Å². The second-order valence-corrected chi connectivity index (χ2v) is 6.02. The first-order valence-corrected chi connectivity index (χ1v) is 7.39. The van der Waals surface area contributed by atoms with Gasteiger partial charge in [-0.05, 0) is 42.8 Å². The maximum Gasteiger partial charge on any atom is 0.184 e. The van der Waals surface area contributed by atoms with Crippen molar-refractivity contribution in [2.24, 2.45) is 0 Å². The molecular weight excluding hydrogens is 295 g/mol. The Morgan fingerprint density at radius 1 is 1.20 bits per heavy atom. The van der Waals surface area contributed by atoms with Crippen molar-refractivity contribution in [2.45, 2.75) is 13.0 Å². The highest BCUT2D eigenvalue weighted by Gasteiger charge is 2.09. The van der Waals surface area contributed by atoms with Crippen molar-refractivity contribution < 1.29 is 4.39 Å². The number of anilines is 1. The maximum atomic E-state index is 12.9. The van der Waals surface area contributed by atoms with Gasteiger partial charge in [0.15, 0.2) is 5.13 Å². The van der Waals surface area contributed by atoms with Gasteiger partial charge < -0.3 is 5.32 Å². The molecule has 1 aromatic heterocycles. The Balaban J connectivity index is 1.83. The number of halogens is 2. The SMILES string of the molecule is CC(Nc1nc2ccc(Cl)cc2s1)c1ccc(F)cc1. The Morgan fingerprint density at radius 3 is 2.70 bits per heavy atom. The predicted molar refractivity (Wildman–Crippen MR) is 83.1 cm³/mol. The van der Waals surface area contributed by atoms with Crippen molar-refractivity contribution in [3.05, 3.63) is 58.9 Å². The minimum atomic E-state index is -0.226. The van der Waals surface area contributed by atoms with Crippen LogP contribution in [0, 0.1) is 5.82 Å². The fraction of sp³-hybridized carbons (Fsp3) is 0.133. The summed E-state index contributed by atoms with van der Waals surface area (Å²) in [6.07, 6.45) is 0. The van der Waals surface area contributed by atoms with Crippen LogP contribution in [0.2, 0.25) is 5.02 Å². The zero-order chi connectivity index (χ0) is 14.1. The van der Waals surface area contributed by atoms with Crippen molar-refractivity contribution >= 4 is 38.3 Å². The zero-order valence-electron chi connectivity index (χ0n) is 10.7. The van der Waals surface area contributed by atoms with E-state index in [-0.39, 0.29) is 11.9 Å². The molecule has 1 heterocycles. The minimum Gasteiger partial charge on any atom is -0.355 e. The number of fused-ring (bicyclic) bond motifs is 1. The number of aromatic nitrogens is 1. The van der Waals surface area contributed by atoms with Gasteiger partial charge in [0.25, 0.3) is 0 Å². The van der Waals surface area contributed by atoms with Crippen LogP contribution in [0.3, 0.4) is 0 Å². The highest BCUT2D eigenvalue weighted by atomic mass is 35.5. The summed E-state index contributed by atoms with van der Waals surface area (Å²) in [7, 11) is 0. The summed E-state index contributed by atoms with van der Waals surface area (Å²) in [5.74, 6) is -0.226. The van der Waals surface area contributed by atoms with E-state index in [0.717, 1.165) is 20.9 Å². The van der Waals surface area contributed by atoms with E-state index in [1.807, 2.05) is 25.1 Å². The van der Waals surface area contributed by atoms with Crippen LogP contribution in [0.15, 0.2) is 42.5 Å². The molecule has 0 amide bonds. The summed E-state index contributed by atoms with van der Waals surface area (Å²) >= 11 is 7.52. The molecule has 0 saturated carbocycles. The van der Waals surface area contributed by atoms with Crippen LogP contribution >= 0.6 is 22.9 Å². The number of thiazole rings is 1. The monoisotopic (exact) mass is 306 g/mol. The van der Waals surface area contributed by atoms with Crippen molar-refractivity contribution in [1.29, 1.82) is 0 Å². The lowest BCUT2D eigenvalue weighted by atomic mass is 10.1. The molecule has 0 spiro atoms. The van der Waals surface area contributed by atoms with E-state index in [4.69, 9.17) is 11.6 Å². The molecule has 102 valence electrons. The number of nitrogens with one attached hydrogen (secondary N) is 1. The van der Waals surface area contributed by atoms with Crippen LogP contribution in [-0.2, 0) is 0 Å². The molecule has 0 radical (unpaired) electrons. The smallest absolute Gasteiger partial charge is 0.184 e. The van der Waals surface area contributed by atoms with E-state index in [9.17, 15) is 4.39 Å². The molecule has 1 atom stereocenters. The normalized spacial score (nSPS) is 12.6. The Morgan fingerprint density at radius 2 is 1.95 bits per heavy atom. The Hall–Kier alpha value is -1.65. The highest BCUT2D eigenvalue weighted by Crippen LogP contribution is 2.30. The van der Waals surface area contributed by atoms with Gasteiger partial charge in [0.2, 0.25) is 0 Å². The quantitative estimate of drug-likeness (QED) is 0.713. The largest absolute Gasteiger partial charge is 0.355 e. The molecule has 0 saturated heterocycles. The van der Waals surface area contributed by atoms with E-state index in [0.29, 0.717) is 5.02 Å². The number of hydrogen-bond acceptors (Lipinski definition) is 3. The Bertz CT molecular complexity index is 739. The molecule has 0 aliphatic carbocycles. The van der Waals surface area contributed by atoms with Crippen LogP contribution in [0.1, 0.15) is 18.5 Å². The van der Waals surface area contributed by atoms with Crippen LogP contribution < -0.4 is 5.32 Å². The van der Waals surface area contributed by atoms with Crippen molar-refractivity contribution in [1.82, 2.24) is 4.98 Å². The topological polar surface area (TPSA) is 24.9 Å². The van der Waals surface area contributed by atoms with Gasteiger partial charge >= 0.3 is 0 Å². The van der Waals surface area contributed by atoms with Gasteiger partial charge in [-0.2, -0.15) is 0 Å². The van der Waals surface area contributed by atoms with Crippen molar-refractivity contribution in [3.8, 4) is 0 Å². The number of hydrogen-bond donors (Lipinski definition) is 1. The average molecular weight is 307 g/mol. The van der Waals surface area contributed by atoms with Crippen molar-refractivity contribution in [2.75, 3.05) is 5.32 Å². The third-order valence-electron chi connectivity index (χ3n) is 3.06. The zero-order valence-corrected chi connectivity index (χ0v) is 12.3. The van der Waals surface area contributed by atoms with E-state index < -0.39 is 0 Å². The second-order valence-electron chi connectivity index (χ2n) is 4.55. The fourth-order valence-electron chi connectivity index (χ4n) is 1.98. The lowest BCUT2D eigenvalue weighted by Crippen LogP contribution is -2.06. The molecule has 0 bridgehead atoms. The molecule has 0 fully saturated rings. The molecule has 1 unspecified atom stereocenters. The van der Waals surface area contributed by atoms with Crippen LogP contribution in [-0.4, -0.2) is 4.98 Å². The van der Waals surface area contributed by atoms with Gasteiger partial charge in [0.1, 0.15) is 5.82 Å². The van der Waals surface area contributed by atoms with Crippen LogP contribution in [0.25, 0.3) is 10.2 Å². The highest BCUT2D eigenvalue weighted by molar-refractivity contribution is 7.22. The molecular formula is C15H12ClFN2S. The Kier molecular flexibility index (Phi) is 3.59. The molecule has 3 rings (SSSR count). The summed E-state index contributed by atoms with van der Waals surface area (Å²) in [5.41, 5.74) is 1.94. The van der Waals surface area contributed by atoms with Crippen LogP contribution in [0.4, 0.5) is 9.52 Å². The lowest BCUT2D eigenvalue weighted by Gasteiger charge is -2.12. The average Bonchev–Trinajstić information content (AvgIpc) is 2.80. The lowest BCUT2D eigenvalue weighted by molar-refractivity contribution is 0.626. The first-order chi connectivity index (χ1) is 9.61. The van der Waals surface area contributed by atoms with Gasteiger partial charge in [0, 0.05) is 5.02 Å². The first kappa shape index (κ1) is 13.3. The van der Waals surface area contributed by atoms with E-state index >= 15 is 0 Å². The van der Waals surface area contributed by atoms with Gasteiger partial charge in [-0.25, -0.2) is 9.37 Å². The molecule has 2 aromatic carbocycles. The number of benzene rings is 2. The maximum absolute atomic E-state index is 12.9. The third kappa shape index (κ3) is 2.76. The molecule has 5 heteroatoms. The van der Waals surface area contributed by atoms with Gasteiger partial charge in [-0.15, -0.1) is 0 Å². The number of nitrogens with zero attached hydrogens (tertiary/aromatic N) is 1. The third-order valence-corrected chi connectivity index (χ3v) is 4.24. The molecule has 20 heavy (non-hydrogen) atoms. The first-order valence-electron chi connectivity index (χ1n) is 6.20. The standard InChI is InChI=1S/C15H12ClFN2S/c1-9(10-2-5-12(17)6-3-10)18-15-19-13-7-4-11(16)8-14(13)20-15/h2-9H,1H3,(H,18,19). The summed E-state index contributed by atoms with van der Waals surface area (Å²) in [4.78, 5) is 4.51. The molecule has 1 N–H and O–H groups in total. The molecule has 2 nitrogen and oxygen atoms in total. The van der Waals surface area contributed by atoms with Gasteiger partial charge in [-0.3, -0.25) is 0 Å². The van der Waals surface area contributed by atoms with E-state index in [2.05, 4.69) is 10.3 Å². The van der Waals surface area contributed by atoms with Crippen LogP contribution in [0.5, 0.6) is 0 Å². The molecule has 0 aliphatic rings. The minimum absolute atomic E-state index is 0.0617. The van der Waals surface area contributed by atoms with E-state index in [1.54, 1.807) is 23.5 Å². The fourth-order valence-corrected chi connectivity index (χ4v) is 3.21. The van der Waals surface area contributed by atoms with Gasteiger partial charge in [0.05, 0.1) is 16.3 Å². The number of rotatable bonds is 3. The van der Waals surface area contributed by atoms with E-state index in [1.165, 1.54) is 12.1 Å². The van der Waals surface area contributed by atoms with Crippen molar-refractivity contribution in [3.63, 3.8) is 0 Å².